The van der Waals surface area contributed by atoms with Crippen molar-refractivity contribution in [3.8, 4) is 11.5 Å². The number of aryl methyl sites for hydroxylation is 1. The summed E-state index contributed by atoms with van der Waals surface area (Å²) >= 11 is 5.80. The first-order valence-corrected chi connectivity index (χ1v) is 5.41. The second kappa shape index (κ2) is 4.97. The Hall–Kier alpha value is -1.87. The molecule has 2 rings (SSSR count). The number of nitrogens with zero attached hydrogens (tertiary/aromatic N) is 1. The third kappa shape index (κ3) is 2.82. The van der Waals surface area contributed by atoms with Gasteiger partial charge in [0, 0.05) is 12.3 Å². The van der Waals surface area contributed by atoms with E-state index in [1.54, 1.807) is 24.4 Å². The molecule has 0 saturated carbocycles. The zero-order valence-corrected chi connectivity index (χ0v) is 9.94. The van der Waals surface area contributed by atoms with Gasteiger partial charge < -0.3 is 4.74 Å². The molecule has 86 valence electrons. The largest absolute Gasteiger partial charge is 0.455 e. The Kier molecular flexibility index (Phi) is 3.40. The third-order valence-electron chi connectivity index (χ3n) is 2.20. The van der Waals surface area contributed by atoms with Gasteiger partial charge in [0.2, 0.25) is 0 Å². The quantitative estimate of drug-likeness (QED) is 0.777. The van der Waals surface area contributed by atoms with E-state index in [2.05, 4.69) is 4.98 Å². The van der Waals surface area contributed by atoms with Crippen LogP contribution < -0.4 is 4.74 Å². The number of benzene rings is 1. The Morgan fingerprint density at radius 3 is 2.82 bits per heavy atom. The molecule has 0 atom stereocenters. The van der Waals surface area contributed by atoms with E-state index in [9.17, 15) is 4.79 Å². The number of halogens is 1. The molecule has 2 aromatic rings. The van der Waals surface area contributed by atoms with Crippen LogP contribution in [0.1, 0.15) is 15.9 Å². The second-order valence-corrected chi connectivity index (χ2v) is 4.04. The summed E-state index contributed by atoms with van der Waals surface area (Å²) in [6.07, 6.45) is 3.82. The molecule has 1 heterocycles. The fourth-order valence-electron chi connectivity index (χ4n) is 1.43. The summed E-state index contributed by atoms with van der Waals surface area (Å²) in [6, 6.07) is 7.03. The van der Waals surface area contributed by atoms with E-state index in [0.717, 1.165) is 11.8 Å². The lowest BCUT2D eigenvalue weighted by Crippen LogP contribution is -1.91. The van der Waals surface area contributed by atoms with E-state index in [-0.39, 0.29) is 0 Å². The highest BCUT2D eigenvalue weighted by Gasteiger charge is 2.05. The standard InChI is InChI=1S/C13H10ClNO2/c1-9-2-3-13(10(4-9)8-16)17-12-5-11(14)6-15-7-12/h2-8H,1H3. The van der Waals surface area contributed by atoms with Gasteiger partial charge in [-0.05, 0) is 19.1 Å². The third-order valence-corrected chi connectivity index (χ3v) is 2.41. The predicted molar refractivity (Wildman–Crippen MR) is 65.9 cm³/mol. The molecular weight excluding hydrogens is 238 g/mol. The number of hydrogen-bond donors (Lipinski definition) is 0. The maximum Gasteiger partial charge on any atom is 0.153 e. The molecule has 0 radical (unpaired) electrons. The van der Waals surface area contributed by atoms with Gasteiger partial charge in [0.05, 0.1) is 16.8 Å². The first-order valence-electron chi connectivity index (χ1n) is 5.03. The molecule has 0 fully saturated rings. The van der Waals surface area contributed by atoms with E-state index >= 15 is 0 Å². The Morgan fingerprint density at radius 1 is 1.29 bits per heavy atom. The van der Waals surface area contributed by atoms with E-state index in [0.29, 0.717) is 22.1 Å². The molecule has 0 spiro atoms. The van der Waals surface area contributed by atoms with Gasteiger partial charge in [-0.1, -0.05) is 23.2 Å². The van der Waals surface area contributed by atoms with Crippen LogP contribution in [0.25, 0.3) is 0 Å². The van der Waals surface area contributed by atoms with Gasteiger partial charge in [0.15, 0.2) is 6.29 Å². The van der Waals surface area contributed by atoms with Gasteiger partial charge in [-0.25, -0.2) is 0 Å². The normalized spacial score (nSPS) is 10.0. The minimum Gasteiger partial charge on any atom is -0.455 e. The molecule has 3 nitrogen and oxygen atoms in total. The minimum atomic E-state index is 0.488. The van der Waals surface area contributed by atoms with Crippen LogP contribution in [-0.4, -0.2) is 11.3 Å². The Labute approximate surface area is 104 Å². The van der Waals surface area contributed by atoms with Crippen molar-refractivity contribution in [2.75, 3.05) is 0 Å². The van der Waals surface area contributed by atoms with E-state index in [4.69, 9.17) is 16.3 Å². The number of aromatic nitrogens is 1. The summed E-state index contributed by atoms with van der Waals surface area (Å²) in [7, 11) is 0. The summed E-state index contributed by atoms with van der Waals surface area (Å²) in [5.74, 6) is 0.999. The number of hydrogen-bond acceptors (Lipinski definition) is 3. The number of carbonyl (C=O) groups is 1. The Bertz CT molecular complexity index is 555. The van der Waals surface area contributed by atoms with Crippen LogP contribution in [0.4, 0.5) is 0 Å². The van der Waals surface area contributed by atoms with Crippen molar-refractivity contribution in [2.45, 2.75) is 6.92 Å². The van der Waals surface area contributed by atoms with Crippen molar-refractivity contribution in [3.05, 3.63) is 52.8 Å². The van der Waals surface area contributed by atoms with Crippen LogP contribution in [0.5, 0.6) is 11.5 Å². The molecular formula is C13H10ClNO2. The summed E-state index contributed by atoms with van der Waals surface area (Å²) in [6.45, 7) is 1.91. The summed E-state index contributed by atoms with van der Waals surface area (Å²) < 4.78 is 5.56. The van der Waals surface area contributed by atoms with Gasteiger partial charge in [0.1, 0.15) is 11.5 Å². The zero-order valence-electron chi connectivity index (χ0n) is 9.18. The average Bonchev–Trinajstić information content (AvgIpc) is 2.31. The van der Waals surface area contributed by atoms with E-state index < -0.39 is 0 Å². The molecule has 17 heavy (non-hydrogen) atoms. The van der Waals surface area contributed by atoms with Crippen molar-refractivity contribution in [1.29, 1.82) is 0 Å². The molecule has 0 aliphatic rings. The smallest absolute Gasteiger partial charge is 0.153 e. The Morgan fingerprint density at radius 2 is 2.12 bits per heavy atom. The molecule has 0 aliphatic heterocycles. The van der Waals surface area contributed by atoms with Crippen molar-refractivity contribution in [3.63, 3.8) is 0 Å². The second-order valence-electron chi connectivity index (χ2n) is 3.60. The predicted octanol–water partition coefficient (Wildman–Crippen LogP) is 3.65. The fourth-order valence-corrected chi connectivity index (χ4v) is 1.59. The minimum absolute atomic E-state index is 0.488. The SMILES string of the molecule is Cc1ccc(Oc2cncc(Cl)c2)c(C=O)c1. The van der Waals surface area contributed by atoms with E-state index in [1.807, 2.05) is 13.0 Å². The van der Waals surface area contributed by atoms with E-state index in [1.165, 1.54) is 6.20 Å². The number of pyridine rings is 1. The van der Waals surface area contributed by atoms with Crippen molar-refractivity contribution in [2.24, 2.45) is 0 Å². The highest BCUT2D eigenvalue weighted by Crippen LogP contribution is 2.26. The summed E-state index contributed by atoms with van der Waals surface area (Å²) in [5.41, 5.74) is 1.51. The number of aldehydes is 1. The molecule has 1 aromatic heterocycles. The lowest BCUT2D eigenvalue weighted by Gasteiger charge is -2.08. The van der Waals surface area contributed by atoms with Gasteiger partial charge in [-0.15, -0.1) is 0 Å². The van der Waals surface area contributed by atoms with Gasteiger partial charge >= 0.3 is 0 Å². The van der Waals surface area contributed by atoms with Crippen LogP contribution in [0, 0.1) is 6.92 Å². The lowest BCUT2D eigenvalue weighted by molar-refractivity contribution is 0.112. The summed E-state index contributed by atoms with van der Waals surface area (Å²) in [5, 5.41) is 0.488. The average molecular weight is 248 g/mol. The molecule has 0 bridgehead atoms. The first kappa shape index (κ1) is 11.6. The molecule has 1 aromatic carbocycles. The number of carbonyl (C=O) groups excluding carboxylic acids is 1. The molecule has 0 amide bonds. The van der Waals surface area contributed by atoms with Crippen LogP contribution in [0.15, 0.2) is 36.7 Å². The molecule has 0 saturated heterocycles. The fraction of sp³-hybridized carbons (Fsp3) is 0.0769. The number of rotatable bonds is 3. The van der Waals surface area contributed by atoms with Crippen molar-refractivity contribution in [1.82, 2.24) is 4.98 Å². The molecule has 0 N–H and O–H groups in total. The van der Waals surface area contributed by atoms with Crippen LogP contribution in [-0.2, 0) is 0 Å². The van der Waals surface area contributed by atoms with Gasteiger partial charge in [-0.3, -0.25) is 9.78 Å². The van der Waals surface area contributed by atoms with Gasteiger partial charge in [-0.2, -0.15) is 0 Å². The summed E-state index contributed by atoms with van der Waals surface area (Å²) in [4.78, 5) is 14.8. The van der Waals surface area contributed by atoms with Crippen LogP contribution in [0.2, 0.25) is 5.02 Å². The maximum atomic E-state index is 10.9. The lowest BCUT2D eigenvalue weighted by atomic mass is 10.1. The Balaban J connectivity index is 2.32. The number of ether oxygens (including phenoxy) is 1. The molecule has 0 aliphatic carbocycles. The maximum absolute atomic E-state index is 10.9. The monoisotopic (exact) mass is 247 g/mol. The van der Waals surface area contributed by atoms with Crippen molar-refractivity contribution < 1.29 is 9.53 Å². The van der Waals surface area contributed by atoms with Crippen LogP contribution >= 0.6 is 11.6 Å². The van der Waals surface area contributed by atoms with Gasteiger partial charge in [0.25, 0.3) is 0 Å². The first-order chi connectivity index (χ1) is 8.19. The zero-order chi connectivity index (χ0) is 12.3. The molecule has 4 heteroatoms. The van der Waals surface area contributed by atoms with Crippen LogP contribution in [0.3, 0.4) is 0 Å². The molecule has 0 unspecified atom stereocenters. The van der Waals surface area contributed by atoms with Crippen molar-refractivity contribution >= 4 is 17.9 Å². The topological polar surface area (TPSA) is 39.2 Å². The highest BCUT2D eigenvalue weighted by molar-refractivity contribution is 6.30. The highest BCUT2D eigenvalue weighted by atomic mass is 35.5.